The lowest BCUT2D eigenvalue weighted by Crippen LogP contribution is -2.11. The van der Waals surface area contributed by atoms with Gasteiger partial charge in [-0.25, -0.2) is 0 Å². The third-order valence-corrected chi connectivity index (χ3v) is 2.07. The molecule has 0 aliphatic carbocycles. The Morgan fingerprint density at radius 3 is 2.33 bits per heavy atom. The van der Waals surface area contributed by atoms with Gasteiger partial charge in [-0.05, 0) is 11.8 Å². The van der Waals surface area contributed by atoms with Crippen LogP contribution in [0.3, 0.4) is 0 Å². The molecule has 0 saturated carbocycles. The molecule has 0 saturated heterocycles. The zero-order valence-electron chi connectivity index (χ0n) is 8.17. The molecule has 86 valence electrons. The van der Waals surface area contributed by atoms with E-state index in [4.69, 9.17) is 14.7 Å². The number of hydrogen-bond acceptors (Lipinski definition) is 4. The minimum Gasteiger partial charge on any atom is -0.356 e. The van der Waals surface area contributed by atoms with Gasteiger partial charge in [-0.15, -0.1) is 0 Å². The van der Waals surface area contributed by atoms with E-state index in [1.54, 1.807) is 0 Å². The Balaban J connectivity index is 4.30. The van der Waals surface area contributed by atoms with Gasteiger partial charge in [0.2, 0.25) is 0 Å². The van der Waals surface area contributed by atoms with Crippen LogP contribution >= 0.6 is 11.8 Å². The summed E-state index contributed by atoms with van der Waals surface area (Å²) in [6, 6.07) is 1.46. The van der Waals surface area contributed by atoms with E-state index < -0.39 is 28.5 Å². The lowest BCUT2D eigenvalue weighted by molar-refractivity contribution is -0.0986. The summed E-state index contributed by atoms with van der Waals surface area (Å²) in [7, 11) is 2.73. The summed E-state index contributed by atoms with van der Waals surface area (Å²) >= 11 is -0.446. The molecule has 7 heteroatoms. The predicted molar refractivity (Wildman–Crippen MR) is 49.8 cm³/mol. The third kappa shape index (κ3) is 7.25. The highest BCUT2D eigenvalue weighted by atomic mass is 32.2. The highest BCUT2D eigenvalue weighted by molar-refractivity contribution is 8.04. The molecule has 0 N–H and O–H groups in total. The van der Waals surface area contributed by atoms with Gasteiger partial charge < -0.3 is 9.47 Å². The molecular formula is C8H10F3NO2S. The van der Waals surface area contributed by atoms with Crippen molar-refractivity contribution in [3.63, 3.8) is 0 Å². The van der Waals surface area contributed by atoms with Crippen LogP contribution in [0.1, 0.15) is 6.42 Å². The van der Waals surface area contributed by atoms with Crippen molar-refractivity contribution in [1.82, 2.24) is 0 Å². The Labute approximate surface area is 89.8 Å². The largest absolute Gasteiger partial charge is 0.447 e. The first kappa shape index (κ1) is 14.3. The number of hydrogen-bond donors (Lipinski definition) is 0. The standard InChI is InChI=1S/C8H10F3NO2S/c1-13-7(14-2)4-3-6(5-12)15-8(9,10)11/h3,7H,4H2,1-2H3/b6-3+. The van der Waals surface area contributed by atoms with Crippen LogP contribution in [-0.2, 0) is 9.47 Å². The van der Waals surface area contributed by atoms with E-state index in [9.17, 15) is 13.2 Å². The van der Waals surface area contributed by atoms with E-state index >= 15 is 0 Å². The summed E-state index contributed by atoms with van der Waals surface area (Å²) in [4.78, 5) is -0.415. The van der Waals surface area contributed by atoms with Gasteiger partial charge in [0.15, 0.2) is 6.29 Å². The molecule has 15 heavy (non-hydrogen) atoms. The van der Waals surface area contributed by atoms with Crippen LogP contribution in [0, 0.1) is 11.3 Å². The van der Waals surface area contributed by atoms with Gasteiger partial charge in [0.1, 0.15) is 6.07 Å². The van der Waals surface area contributed by atoms with Crippen molar-refractivity contribution in [2.75, 3.05) is 14.2 Å². The molecule has 0 radical (unpaired) electrons. The monoisotopic (exact) mass is 241 g/mol. The molecule has 0 aromatic heterocycles. The van der Waals surface area contributed by atoms with E-state index in [0.29, 0.717) is 0 Å². The van der Waals surface area contributed by atoms with Crippen molar-refractivity contribution in [1.29, 1.82) is 5.26 Å². The number of thioether (sulfide) groups is 1. The molecule has 0 heterocycles. The first-order chi connectivity index (χ1) is 6.92. The lowest BCUT2D eigenvalue weighted by atomic mass is 10.4. The zero-order chi connectivity index (χ0) is 11.9. The molecule has 0 aromatic carbocycles. The van der Waals surface area contributed by atoms with Crippen LogP contribution in [0.4, 0.5) is 13.2 Å². The Hall–Kier alpha value is -0.710. The number of nitrogens with zero attached hydrogens (tertiary/aromatic N) is 1. The van der Waals surface area contributed by atoms with Gasteiger partial charge in [-0.3, -0.25) is 0 Å². The maximum Gasteiger partial charge on any atom is 0.447 e. The number of nitriles is 1. The van der Waals surface area contributed by atoms with Crippen LogP contribution in [0.2, 0.25) is 0 Å². The Morgan fingerprint density at radius 2 is 2.00 bits per heavy atom. The molecule has 0 amide bonds. The smallest absolute Gasteiger partial charge is 0.356 e. The normalized spacial score (nSPS) is 13.0. The molecule has 3 nitrogen and oxygen atoms in total. The Kier molecular flexibility index (Phi) is 6.40. The van der Waals surface area contributed by atoms with E-state index in [1.165, 1.54) is 20.3 Å². The average molecular weight is 241 g/mol. The van der Waals surface area contributed by atoms with Gasteiger partial charge in [0, 0.05) is 20.6 Å². The lowest BCUT2D eigenvalue weighted by Gasteiger charge is -2.10. The SMILES string of the molecule is COC(C/C=C(\C#N)SC(F)(F)F)OC. The Morgan fingerprint density at radius 1 is 1.47 bits per heavy atom. The van der Waals surface area contributed by atoms with Crippen molar-refractivity contribution in [3.05, 3.63) is 11.0 Å². The minimum absolute atomic E-state index is 0.0962. The van der Waals surface area contributed by atoms with Gasteiger partial charge >= 0.3 is 5.51 Å². The average Bonchev–Trinajstić information content (AvgIpc) is 2.15. The topological polar surface area (TPSA) is 42.2 Å². The first-order valence-corrected chi connectivity index (χ1v) is 4.66. The van der Waals surface area contributed by atoms with Crippen LogP contribution in [0.25, 0.3) is 0 Å². The summed E-state index contributed by atoms with van der Waals surface area (Å²) in [6.07, 6.45) is 0.594. The molecule has 0 aliphatic heterocycles. The summed E-state index contributed by atoms with van der Waals surface area (Å²) in [5, 5.41) is 8.43. The number of methoxy groups -OCH3 is 2. The summed E-state index contributed by atoms with van der Waals surface area (Å²) in [5.74, 6) is 0. The van der Waals surface area contributed by atoms with Crippen molar-refractivity contribution in [3.8, 4) is 6.07 Å². The molecule has 0 atom stereocenters. The molecule has 0 rings (SSSR count). The second kappa shape index (κ2) is 6.71. The van der Waals surface area contributed by atoms with E-state index in [0.717, 1.165) is 6.08 Å². The fourth-order valence-corrected chi connectivity index (χ4v) is 1.20. The molecule has 0 aromatic rings. The van der Waals surface area contributed by atoms with Crippen LogP contribution in [-0.4, -0.2) is 26.0 Å². The van der Waals surface area contributed by atoms with E-state index in [2.05, 4.69) is 0 Å². The summed E-state index contributed by atoms with van der Waals surface area (Å²) in [6.45, 7) is 0. The van der Waals surface area contributed by atoms with Crippen LogP contribution in [0.15, 0.2) is 11.0 Å². The first-order valence-electron chi connectivity index (χ1n) is 3.84. The van der Waals surface area contributed by atoms with Crippen LogP contribution in [0.5, 0.6) is 0 Å². The summed E-state index contributed by atoms with van der Waals surface area (Å²) < 4.78 is 45.2. The zero-order valence-corrected chi connectivity index (χ0v) is 8.98. The predicted octanol–water partition coefficient (Wildman–Crippen LogP) is 2.66. The van der Waals surface area contributed by atoms with Crippen molar-refractivity contribution in [2.45, 2.75) is 18.2 Å². The number of rotatable bonds is 5. The molecule has 0 fully saturated rings. The highest BCUT2D eigenvalue weighted by Gasteiger charge is 2.30. The Bertz CT molecular complexity index is 256. The minimum atomic E-state index is -4.45. The van der Waals surface area contributed by atoms with Crippen LogP contribution < -0.4 is 0 Å². The molecular weight excluding hydrogens is 231 g/mol. The van der Waals surface area contributed by atoms with Gasteiger partial charge in [0.05, 0.1) is 4.91 Å². The molecule has 0 aliphatic rings. The summed E-state index contributed by atoms with van der Waals surface area (Å²) in [5.41, 5.74) is -4.45. The molecule has 0 unspecified atom stereocenters. The van der Waals surface area contributed by atoms with Gasteiger partial charge in [-0.1, -0.05) is 6.08 Å². The number of allylic oxidation sites excluding steroid dienone is 1. The fourth-order valence-electron chi connectivity index (χ4n) is 0.727. The van der Waals surface area contributed by atoms with Crippen molar-refractivity contribution >= 4 is 11.8 Å². The maximum absolute atomic E-state index is 11.9. The number of ether oxygens (including phenoxy) is 2. The van der Waals surface area contributed by atoms with Gasteiger partial charge in [0.25, 0.3) is 0 Å². The highest BCUT2D eigenvalue weighted by Crippen LogP contribution is 2.36. The fraction of sp³-hybridized carbons (Fsp3) is 0.625. The maximum atomic E-state index is 11.9. The number of alkyl halides is 3. The second-order valence-electron chi connectivity index (χ2n) is 2.36. The van der Waals surface area contributed by atoms with E-state index in [-0.39, 0.29) is 6.42 Å². The van der Waals surface area contributed by atoms with Crippen molar-refractivity contribution < 1.29 is 22.6 Å². The van der Waals surface area contributed by atoms with E-state index in [1.807, 2.05) is 0 Å². The van der Waals surface area contributed by atoms with Gasteiger partial charge in [-0.2, -0.15) is 18.4 Å². The number of halogens is 3. The third-order valence-electron chi connectivity index (χ3n) is 1.36. The van der Waals surface area contributed by atoms with Crippen molar-refractivity contribution in [2.24, 2.45) is 0 Å². The quantitative estimate of drug-likeness (QED) is 0.548. The second-order valence-corrected chi connectivity index (χ2v) is 3.47. The molecule has 0 spiro atoms. The molecule has 0 bridgehead atoms.